The van der Waals surface area contributed by atoms with Crippen molar-refractivity contribution in [2.75, 3.05) is 18.7 Å². The van der Waals surface area contributed by atoms with Gasteiger partial charge in [0.25, 0.3) is 5.91 Å². The molecule has 0 bridgehead atoms. The minimum Gasteiger partial charge on any atom is -0.480 e. The Labute approximate surface area is 147 Å². The van der Waals surface area contributed by atoms with Crippen LogP contribution in [-0.4, -0.2) is 46.2 Å². The van der Waals surface area contributed by atoms with E-state index in [1.165, 1.54) is 16.2 Å². The number of carboxylic acid groups (broad SMARTS) is 1. The van der Waals surface area contributed by atoms with E-state index >= 15 is 0 Å². The van der Waals surface area contributed by atoms with E-state index in [0.717, 1.165) is 5.69 Å². The number of carbonyl (C=O) groups excluding carboxylic acids is 1. The number of nitrogens with zero attached hydrogens (tertiary/aromatic N) is 2. The number of rotatable bonds is 4. The van der Waals surface area contributed by atoms with Crippen molar-refractivity contribution >= 4 is 34.0 Å². The smallest absolute Gasteiger partial charge is 0.326 e. The highest BCUT2D eigenvalue weighted by Crippen LogP contribution is 2.35. The molecule has 8 nitrogen and oxygen atoms in total. The number of amides is 1. The van der Waals surface area contributed by atoms with Crippen LogP contribution in [0.3, 0.4) is 0 Å². The molecule has 2 N–H and O–H groups in total. The van der Waals surface area contributed by atoms with Crippen molar-refractivity contribution in [1.82, 2.24) is 9.88 Å². The molecule has 1 atom stereocenters. The molecule has 0 spiro atoms. The Morgan fingerprint density at radius 2 is 2.16 bits per heavy atom. The number of likely N-dealkylation sites (tertiary alicyclic amines) is 1. The summed E-state index contributed by atoms with van der Waals surface area (Å²) in [5.74, 6) is 0.0215. The zero-order chi connectivity index (χ0) is 17.4. The Kier molecular flexibility index (Phi) is 3.92. The highest BCUT2D eigenvalue weighted by Gasteiger charge is 2.35. The van der Waals surface area contributed by atoms with Gasteiger partial charge in [0, 0.05) is 23.7 Å². The van der Waals surface area contributed by atoms with Gasteiger partial charge < -0.3 is 24.8 Å². The number of carboxylic acids is 1. The summed E-state index contributed by atoms with van der Waals surface area (Å²) in [5.41, 5.74) is 1.02. The summed E-state index contributed by atoms with van der Waals surface area (Å²) in [7, 11) is 0. The van der Waals surface area contributed by atoms with Crippen LogP contribution in [0.2, 0.25) is 0 Å². The van der Waals surface area contributed by atoms with Crippen LogP contribution in [0, 0.1) is 0 Å². The minimum atomic E-state index is -0.972. The molecule has 25 heavy (non-hydrogen) atoms. The van der Waals surface area contributed by atoms with Crippen LogP contribution < -0.4 is 14.8 Å². The molecule has 0 radical (unpaired) electrons. The van der Waals surface area contributed by atoms with Gasteiger partial charge in [-0.05, 0) is 25.0 Å². The monoisotopic (exact) mass is 361 g/mol. The van der Waals surface area contributed by atoms with Gasteiger partial charge in [-0.3, -0.25) is 4.79 Å². The van der Waals surface area contributed by atoms with E-state index in [4.69, 9.17) is 9.47 Å². The van der Waals surface area contributed by atoms with Crippen LogP contribution in [0.5, 0.6) is 11.5 Å². The highest BCUT2D eigenvalue weighted by atomic mass is 32.1. The van der Waals surface area contributed by atoms with Crippen LogP contribution in [0.25, 0.3) is 0 Å². The first kappa shape index (κ1) is 15.7. The second kappa shape index (κ2) is 6.25. The molecule has 3 heterocycles. The maximum Gasteiger partial charge on any atom is 0.326 e. The van der Waals surface area contributed by atoms with Crippen LogP contribution in [0.4, 0.5) is 10.8 Å². The van der Waals surface area contributed by atoms with E-state index in [0.29, 0.717) is 36.0 Å². The molecule has 1 aromatic carbocycles. The SMILES string of the molecule is O=C(O)C1CCCN1C(=O)c1csc(Nc2ccc3c(c2)OCO3)n1. The van der Waals surface area contributed by atoms with Gasteiger partial charge in [0.05, 0.1) is 0 Å². The third-order valence-electron chi connectivity index (χ3n) is 4.15. The lowest BCUT2D eigenvalue weighted by atomic mass is 10.2. The third kappa shape index (κ3) is 2.98. The zero-order valence-electron chi connectivity index (χ0n) is 13.1. The molecule has 2 aliphatic rings. The quantitative estimate of drug-likeness (QED) is 0.862. The van der Waals surface area contributed by atoms with Gasteiger partial charge in [-0.1, -0.05) is 0 Å². The van der Waals surface area contributed by atoms with Gasteiger partial charge in [-0.2, -0.15) is 0 Å². The first-order valence-electron chi connectivity index (χ1n) is 7.78. The second-order valence-corrected chi connectivity index (χ2v) is 6.58. The lowest BCUT2D eigenvalue weighted by molar-refractivity contribution is -0.141. The van der Waals surface area contributed by atoms with Gasteiger partial charge >= 0.3 is 5.97 Å². The number of anilines is 2. The van der Waals surface area contributed by atoms with Crippen molar-refractivity contribution in [2.45, 2.75) is 18.9 Å². The first-order valence-corrected chi connectivity index (χ1v) is 8.66. The molecular weight excluding hydrogens is 346 g/mol. The Bertz CT molecular complexity index is 837. The summed E-state index contributed by atoms with van der Waals surface area (Å²) < 4.78 is 10.6. The van der Waals surface area contributed by atoms with Crippen LogP contribution in [0.15, 0.2) is 23.6 Å². The predicted octanol–water partition coefficient (Wildman–Crippen LogP) is 2.30. The van der Waals surface area contributed by atoms with Crippen LogP contribution >= 0.6 is 11.3 Å². The molecule has 2 aromatic rings. The molecule has 130 valence electrons. The normalized spacial score (nSPS) is 18.4. The van der Waals surface area contributed by atoms with Crippen molar-refractivity contribution in [3.05, 3.63) is 29.3 Å². The van der Waals surface area contributed by atoms with Gasteiger partial charge in [0.1, 0.15) is 11.7 Å². The lowest BCUT2D eigenvalue weighted by Crippen LogP contribution is -2.40. The highest BCUT2D eigenvalue weighted by molar-refractivity contribution is 7.14. The number of carbonyl (C=O) groups is 2. The molecule has 9 heteroatoms. The topological polar surface area (TPSA) is 101 Å². The van der Waals surface area contributed by atoms with Gasteiger partial charge in [-0.15, -0.1) is 11.3 Å². The molecule has 0 aliphatic carbocycles. The van der Waals surface area contributed by atoms with E-state index in [-0.39, 0.29) is 18.4 Å². The summed E-state index contributed by atoms with van der Waals surface area (Å²) in [6.07, 6.45) is 1.17. The van der Waals surface area contributed by atoms with Crippen LogP contribution in [0.1, 0.15) is 23.3 Å². The minimum absolute atomic E-state index is 0.204. The molecule has 0 saturated carbocycles. The number of ether oxygens (including phenoxy) is 2. The van der Waals surface area contributed by atoms with E-state index in [1.807, 2.05) is 6.07 Å². The summed E-state index contributed by atoms with van der Waals surface area (Å²) >= 11 is 1.29. The van der Waals surface area contributed by atoms with Gasteiger partial charge in [0.15, 0.2) is 16.6 Å². The number of hydrogen-bond donors (Lipinski definition) is 2. The van der Waals surface area contributed by atoms with E-state index in [9.17, 15) is 14.7 Å². The van der Waals surface area contributed by atoms with Crippen molar-refractivity contribution in [3.63, 3.8) is 0 Å². The summed E-state index contributed by atoms with van der Waals surface area (Å²) in [5, 5.41) is 14.5. The van der Waals surface area contributed by atoms with Crippen LogP contribution in [-0.2, 0) is 4.79 Å². The lowest BCUT2D eigenvalue weighted by Gasteiger charge is -2.20. The van der Waals surface area contributed by atoms with Crippen molar-refractivity contribution < 1.29 is 24.2 Å². The summed E-state index contributed by atoms with van der Waals surface area (Å²) in [6.45, 7) is 0.646. The molecule has 1 amide bonds. The molecule has 1 unspecified atom stereocenters. The van der Waals surface area contributed by atoms with Gasteiger partial charge in [0.2, 0.25) is 6.79 Å². The fourth-order valence-corrected chi connectivity index (χ4v) is 3.65. The zero-order valence-corrected chi connectivity index (χ0v) is 13.9. The summed E-state index contributed by atoms with van der Waals surface area (Å²) in [4.78, 5) is 29.4. The number of nitrogens with one attached hydrogen (secondary N) is 1. The Balaban J connectivity index is 1.48. The molecule has 1 saturated heterocycles. The fraction of sp³-hybridized carbons (Fsp3) is 0.312. The van der Waals surface area contributed by atoms with Crippen molar-refractivity contribution in [2.24, 2.45) is 0 Å². The Hall–Kier alpha value is -2.81. The number of thiazole rings is 1. The van der Waals surface area contributed by atoms with Crippen molar-refractivity contribution in [3.8, 4) is 11.5 Å². The maximum absolute atomic E-state index is 12.5. The molecule has 1 aromatic heterocycles. The van der Waals surface area contributed by atoms with E-state index < -0.39 is 12.0 Å². The van der Waals surface area contributed by atoms with Crippen molar-refractivity contribution in [1.29, 1.82) is 0 Å². The molecule has 1 fully saturated rings. The van der Waals surface area contributed by atoms with Gasteiger partial charge in [-0.25, -0.2) is 9.78 Å². The molecule has 4 rings (SSSR count). The van der Waals surface area contributed by atoms with E-state index in [1.54, 1.807) is 17.5 Å². The number of benzene rings is 1. The number of aromatic nitrogens is 1. The van der Waals surface area contributed by atoms with E-state index in [2.05, 4.69) is 10.3 Å². The first-order chi connectivity index (χ1) is 12.1. The second-order valence-electron chi connectivity index (χ2n) is 5.73. The third-order valence-corrected chi connectivity index (χ3v) is 4.90. The average molecular weight is 361 g/mol. The molecular formula is C16H15N3O5S. The maximum atomic E-state index is 12.5. The average Bonchev–Trinajstić information content (AvgIpc) is 3.34. The number of hydrogen-bond acceptors (Lipinski definition) is 7. The Morgan fingerprint density at radius 3 is 3.00 bits per heavy atom. The Morgan fingerprint density at radius 1 is 1.32 bits per heavy atom. The largest absolute Gasteiger partial charge is 0.480 e. The predicted molar refractivity (Wildman–Crippen MR) is 89.7 cm³/mol. The number of aliphatic carboxylic acids is 1. The fourth-order valence-electron chi connectivity index (χ4n) is 2.94. The summed E-state index contributed by atoms with van der Waals surface area (Å²) in [6, 6.07) is 4.66. The molecule has 2 aliphatic heterocycles. The standard InChI is InChI=1S/C16H15N3O5S/c20-14(19-5-1-2-11(19)15(21)22)10-7-25-16(18-10)17-9-3-4-12-13(6-9)24-8-23-12/h3-4,6-7,11H,1-2,5,8H2,(H,17,18)(H,21,22). The number of fused-ring (bicyclic) bond motifs is 1.